The predicted octanol–water partition coefficient (Wildman–Crippen LogP) is -1.20. The van der Waals surface area contributed by atoms with Crippen LogP contribution in [0.3, 0.4) is 0 Å². The molecular weight excluding hydrogens is 158 g/mol. The average Bonchev–Trinajstić information content (AvgIpc) is 1.83. The van der Waals surface area contributed by atoms with E-state index in [9.17, 15) is 0 Å². The topological polar surface area (TPSA) is 60.7 Å². The molecule has 0 spiro atoms. The van der Waals surface area contributed by atoms with Gasteiger partial charge in [0.15, 0.2) is 0 Å². The molecule has 0 fully saturated rings. The third-order valence-corrected chi connectivity index (χ3v) is 1.67. The Labute approximate surface area is 73.6 Å². The molecule has 4 heteroatoms. The Morgan fingerprint density at radius 1 is 1.17 bits per heavy atom. The Kier molecular flexibility index (Phi) is 4.70. The van der Waals surface area contributed by atoms with Gasteiger partial charge in [0, 0.05) is 0 Å². The maximum Gasteiger partial charge on any atom is 0.126 e. The Morgan fingerprint density at radius 3 is 2.00 bits per heavy atom. The summed E-state index contributed by atoms with van der Waals surface area (Å²) in [6.45, 7) is 2.53. The minimum absolute atomic E-state index is 0.221. The van der Waals surface area contributed by atoms with Crippen molar-refractivity contribution in [1.82, 2.24) is 0 Å². The quantitative estimate of drug-likeness (QED) is 0.463. The van der Waals surface area contributed by atoms with Gasteiger partial charge in [0.2, 0.25) is 0 Å². The maximum atomic E-state index is 9.16. The summed E-state index contributed by atoms with van der Waals surface area (Å²) in [5.74, 6) is 0. The van der Waals surface area contributed by atoms with Crippen molar-refractivity contribution in [2.24, 2.45) is 0 Å². The van der Waals surface area contributed by atoms with Crippen LogP contribution in [0.1, 0.15) is 6.92 Å². The van der Waals surface area contributed by atoms with E-state index in [1.165, 1.54) is 0 Å². The van der Waals surface area contributed by atoms with Gasteiger partial charge >= 0.3 is 0 Å². The molecule has 0 aliphatic carbocycles. The number of nitrogens with zero attached hydrogens (tertiary/aromatic N) is 1. The smallest absolute Gasteiger partial charge is 0.126 e. The van der Waals surface area contributed by atoms with Gasteiger partial charge in [-0.25, -0.2) is 0 Å². The van der Waals surface area contributed by atoms with Crippen LogP contribution in [0.25, 0.3) is 0 Å². The van der Waals surface area contributed by atoms with Crippen LogP contribution >= 0.6 is 0 Å². The molecule has 4 nitrogen and oxygen atoms in total. The number of aliphatic hydroxyl groups is 3. The van der Waals surface area contributed by atoms with E-state index in [4.69, 9.17) is 15.3 Å². The molecule has 0 aromatic heterocycles. The first-order chi connectivity index (χ1) is 5.37. The zero-order valence-corrected chi connectivity index (χ0v) is 8.06. The lowest BCUT2D eigenvalue weighted by molar-refractivity contribution is -0.896. The summed E-state index contributed by atoms with van der Waals surface area (Å²) in [4.78, 5) is 0. The second-order valence-electron chi connectivity index (χ2n) is 3.99. The Bertz CT molecular complexity index is 125. The molecule has 2 atom stereocenters. The van der Waals surface area contributed by atoms with Crippen LogP contribution in [0, 0.1) is 0 Å². The second-order valence-corrected chi connectivity index (χ2v) is 3.99. The van der Waals surface area contributed by atoms with E-state index in [0.717, 1.165) is 0 Å². The minimum Gasteiger partial charge on any atom is -0.393 e. The Hall–Kier alpha value is -0.160. The molecule has 0 aromatic carbocycles. The molecule has 12 heavy (non-hydrogen) atoms. The third kappa shape index (κ3) is 5.49. The minimum atomic E-state index is -0.696. The van der Waals surface area contributed by atoms with Gasteiger partial charge in [-0.1, -0.05) is 0 Å². The fourth-order valence-corrected chi connectivity index (χ4v) is 1.42. The van der Waals surface area contributed by atoms with Crippen LogP contribution < -0.4 is 0 Å². The second kappa shape index (κ2) is 4.77. The molecule has 0 saturated carbocycles. The lowest BCUT2D eigenvalue weighted by Crippen LogP contribution is -2.49. The monoisotopic (exact) mass is 178 g/mol. The van der Waals surface area contributed by atoms with Gasteiger partial charge in [0.25, 0.3) is 0 Å². The van der Waals surface area contributed by atoms with Crippen LogP contribution in [0.2, 0.25) is 0 Å². The fraction of sp³-hybridized carbons (Fsp3) is 1.00. The zero-order valence-electron chi connectivity index (χ0n) is 8.06. The number of quaternary nitrogens is 1. The molecule has 3 N–H and O–H groups in total. The molecular formula is C8H20NO3+. The standard InChI is InChI=1S/C8H20NO3/c1-7(11)4-9(2,3)5-8(12)6-10/h7-8,10-12H,4-6H2,1-3H3/q+1. The number of hydrogen-bond donors (Lipinski definition) is 3. The fourth-order valence-electron chi connectivity index (χ4n) is 1.42. The van der Waals surface area contributed by atoms with E-state index in [0.29, 0.717) is 17.6 Å². The normalized spacial score (nSPS) is 17.5. The van der Waals surface area contributed by atoms with Gasteiger partial charge < -0.3 is 19.8 Å². The highest BCUT2D eigenvalue weighted by Gasteiger charge is 2.21. The molecule has 74 valence electrons. The molecule has 0 aliphatic heterocycles. The zero-order chi connectivity index (χ0) is 9.78. The summed E-state index contributed by atoms with van der Waals surface area (Å²) in [6.07, 6.45) is -1.08. The molecule has 0 aliphatic rings. The van der Waals surface area contributed by atoms with Crippen molar-refractivity contribution >= 4 is 0 Å². The van der Waals surface area contributed by atoms with Crippen molar-refractivity contribution in [1.29, 1.82) is 0 Å². The van der Waals surface area contributed by atoms with E-state index in [1.54, 1.807) is 6.92 Å². The van der Waals surface area contributed by atoms with E-state index >= 15 is 0 Å². The van der Waals surface area contributed by atoms with Crippen molar-refractivity contribution < 1.29 is 19.8 Å². The SMILES string of the molecule is CC(O)C[N+](C)(C)CC(O)CO. The highest BCUT2D eigenvalue weighted by molar-refractivity contribution is 4.52. The van der Waals surface area contributed by atoms with Gasteiger partial charge in [0.1, 0.15) is 25.3 Å². The van der Waals surface area contributed by atoms with Gasteiger partial charge in [0.05, 0.1) is 20.7 Å². The van der Waals surface area contributed by atoms with Crippen LogP contribution in [-0.2, 0) is 0 Å². The van der Waals surface area contributed by atoms with Crippen LogP contribution in [-0.4, -0.2) is 65.8 Å². The summed E-state index contributed by atoms with van der Waals surface area (Å²) in [7, 11) is 3.82. The molecule has 0 bridgehead atoms. The molecule has 0 radical (unpaired) electrons. The van der Waals surface area contributed by atoms with E-state index in [1.807, 2.05) is 14.1 Å². The van der Waals surface area contributed by atoms with Crippen LogP contribution in [0.4, 0.5) is 0 Å². The molecule has 0 amide bonds. The largest absolute Gasteiger partial charge is 0.393 e. The van der Waals surface area contributed by atoms with E-state index in [2.05, 4.69) is 0 Å². The van der Waals surface area contributed by atoms with Gasteiger partial charge in [-0.2, -0.15) is 0 Å². The lowest BCUT2D eigenvalue weighted by Gasteiger charge is -2.32. The van der Waals surface area contributed by atoms with Crippen LogP contribution in [0.15, 0.2) is 0 Å². The number of likely N-dealkylation sites (N-methyl/N-ethyl adjacent to an activating group) is 1. The van der Waals surface area contributed by atoms with Crippen LogP contribution in [0.5, 0.6) is 0 Å². The van der Waals surface area contributed by atoms with E-state index < -0.39 is 6.10 Å². The average molecular weight is 178 g/mol. The van der Waals surface area contributed by atoms with Crippen molar-refractivity contribution in [3.63, 3.8) is 0 Å². The van der Waals surface area contributed by atoms with Crippen molar-refractivity contribution in [3.05, 3.63) is 0 Å². The summed E-state index contributed by atoms with van der Waals surface area (Å²) in [6, 6.07) is 0. The van der Waals surface area contributed by atoms with E-state index in [-0.39, 0.29) is 12.7 Å². The van der Waals surface area contributed by atoms with Crippen molar-refractivity contribution in [2.75, 3.05) is 33.8 Å². The Morgan fingerprint density at radius 2 is 1.67 bits per heavy atom. The summed E-state index contributed by atoms with van der Waals surface area (Å²) in [5, 5.41) is 26.9. The van der Waals surface area contributed by atoms with Crippen molar-refractivity contribution in [3.8, 4) is 0 Å². The number of hydrogen-bond acceptors (Lipinski definition) is 3. The molecule has 0 saturated heterocycles. The summed E-state index contributed by atoms with van der Waals surface area (Å²) < 4.78 is 0.513. The van der Waals surface area contributed by atoms with Gasteiger partial charge in [-0.3, -0.25) is 0 Å². The van der Waals surface area contributed by atoms with Crippen molar-refractivity contribution in [2.45, 2.75) is 19.1 Å². The summed E-state index contributed by atoms with van der Waals surface area (Å²) in [5.41, 5.74) is 0. The molecule has 2 unspecified atom stereocenters. The first-order valence-electron chi connectivity index (χ1n) is 4.16. The molecule has 0 rings (SSSR count). The molecule has 0 heterocycles. The summed E-state index contributed by atoms with van der Waals surface area (Å²) >= 11 is 0. The van der Waals surface area contributed by atoms with Gasteiger partial charge in [-0.15, -0.1) is 0 Å². The maximum absolute atomic E-state index is 9.16. The Balaban J connectivity index is 3.85. The van der Waals surface area contributed by atoms with Gasteiger partial charge in [-0.05, 0) is 6.92 Å². The first kappa shape index (κ1) is 11.8. The lowest BCUT2D eigenvalue weighted by atomic mass is 10.2. The molecule has 0 aromatic rings. The highest BCUT2D eigenvalue weighted by Crippen LogP contribution is 2.01. The first-order valence-corrected chi connectivity index (χ1v) is 4.16. The highest BCUT2D eigenvalue weighted by atomic mass is 16.3. The number of rotatable bonds is 5. The third-order valence-electron chi connectivity index (χ3n) is 1.67. The predicted molar refractivity (Wildman–Crippen MR) is 46.6 cm³/mol. The number of aliphatic hydroxyl groups excluding tert-OH is 3.